The lowest BCUT2D eigenvalue weighted by Gasteiger charge is -2.34. The van der Waals surface area contributed by atoms with Crippen LogP contribution >= 0.6 is 0 Å². The molecule has 2 N–H and O–H groups in total. The molecule has 1 amide bonds. The quantitative estimate of drug-likeness (QED) is 0.532. The second-order valence-electron chi connectivity index (χ2n) is 8.45. The number of aromatic nitrogens is 2. The molecule has 0 radical (unpaired) electrons. The van der Waals surface area contributed by atoms with E-state index in [1.54, 1.807) is 20.0 Å². The molecule has 30 heavy (non-hydrogen) atoms. The molecule has 2 aromatic rings. The number of aliphatic imine (C=N–C) groups is 1. The van der Waals surface area contributed by atoms with Gasteiger partial charge in [-0.1, -0.05) is 12.1 Å². The van der Waals surface area contributed by atoms with Gasteiger partial charge >= 0.3 is 0 Å². The number of hydrogen-bond acceptors (Lipinski definition) is 4. The Balaban J connectivity index is 1.68. The van der Waals surface area contributed by atoms with Crippen molar-refractivity contribution in [1.82, 2.24) is 20.4 Å². The summed E-state index contributed by atoms with van der Waals surface area (Å²) in [5.74, 6) is -0.181. The van der Waals surface area contributed by atoms with E-state index in [9.17, 15) is 9.18 Å². The van der Waals surface area contributed by atoms with Crippen molar-refractivity contribution in [3.63, 3.8) is 0 Å². The maximum absolute atomic E-state index is 13.9. The second-order valence-corrected chi connectivity index (χ2v) is 8.45. The minimum absolute atomic E-state index is 0.0737. The molecule has 7 heteroatoms. The molecule has 1 aromatic carbocycles. The van der Waals surface area contributed by atoms with E-state index in [1.807, 2.05) is 37.3 Å². The zero-order valence-corrected chi connectivity index (χ0v) is 17.9. The molecule has 0 saturated carbocycles. The number of halogens is 1. The van der Waals surface area contributed by atoms with Gasteiger partial charge in [0.2, 0.25) is 0 Å². The lowest BCUT2D eigenvalue weighted by Crippen LogP contribution is -2.47. The van der Waals surface area contributed by atoms with Crippen LogP contribution in [0.15, 0.2) is 41.5 Å². The second kappa shape index (κ2) is 9.34. The number of carbonyl (C=O) groups is 1. The first-order chi connectivity index (χ1) is 14.3. The summed E-state index contributed by atoms with van der Waals surface area (Å²) in [5, 5.41) is 11.1. The highest BCUT2D eigenvalue weighted by Gasteiger charge is 2.26. The molecule has 0 unspecified atom stereocenters. The summed E-state index contributed by atoms with van der Waals surface area (Å²) < 4.78 is 13.9. The van der Waals surface area contributed by atoms with Gasteiger partial charge in [0.15, 0.2) is 5.69 Å². The van der Waals surface area contributed by atoms with Gasteiger partial charge in [-0.05, 0) is 69.7 Å². The van der Waals surface area contributed by atoms with E-state index in [2.05, 4.69) is 32.1 Å². The lowest BCUT2D eigenvalue weighted by molar-refractivity contribution is 0.0844. The molecule has 1 aliphatic rings. The fourth-order valence-corrected chi connectivity index (χ4v) is 3.80. The number of nitrogens with zero attached hydrogens (tertiary/aromatic N) is 3. The van der Waals surface area contributed by atoms with Crippen molar-refractivity contribution in [2.75, 3.05) is 19.6 Å². The van der Waals surface area contributed by atoms with Crippen LogP contribution in [0.5, 0.6) is 0 Å². The highest BCUT2D eigenvalue weighted by molar-refractivity contribution is 6.05. The first-order valence-electron chi connectivity index (χ1n) is 10.3. The van der Waals surface area contributed by atoms with Crippen LogP contribution in [0.1, 0.15) is 49.7 Å². The molecule has 0 aliphatic carbocycles. The topological polar surface area (TPSA) is 73.4 Å². The Morgan fingerprint density at radius 3 is 2.83 bits per heavy atom. The smallest absolute Gasteiger partial charge is 0.272 e. The van der Waals surface area contributed by atoms with Gasteiger partial charge in [-0.3, -0.25) is 14.9 Å². The fourth-order valence-electron chi connectivity index (χ4n) is 3.80. The van der Waals surface area contributed by atoms with Gasteiger partial charge in [0.1, 0.15) is 5.67 Å². The Morgan fingerprint density at radius 2 is 2.17 bits per heavy atom. The zero-order chi connectivity index (χ0) is 21.7. The molecule has 1 aliphatic heterocycles. The third-order valence-corrected chi connectivity index (χ3v) is 5.29. The predicted octanol–water partition coefficient (Wildman–Crippen LogP) is 4.12. The van der Waals surface area contributed by atoms with Crippen LogP contribution in [0.25, 0.3) is 16.5 Å². The van der Waals surface area contributed by atoms with Crippen LogP contribution in [-0.2, 0) is 0 Å². The van der Waals surface area contributed by atoms with Crippen LogP contribution in [-0.4, -0.2) is 59.1 Å². The van der Waals surface area contributed by atoms with E-state index in [4.69, 9.17) is 0 Å². The van der Waals surface area contributed by atoms with Crippen molar-refractivity contribution < 1.29 is 9.18 Å². The van der Waals surface area contributed by atoms with Crippen molar-refractivity contribution in [2.24, 2.45) is 4.99 Å². The number of fused-ring (bicyclic) bond motifs is 1. The number of rotatable bonds is 7. The van der Waals surface area contributed by atoms with Crippen molar-refractivity contribution in [2.45, 2.75) is 45.3 Å². The third kappa shape index (κ3) is 5.63. The Kier molecular flexibility index (Phi) is 6.82. The average Bonchev–Trinajstić information content (AvgIpc) is 3.12. The number of amides is 1. The van der Waals surface area contributed by atoms with Gasteiger partial charge in [0.25, 0.3) is 5.91 Å². The van der Waals surface area contributed by atoms with Gasteiger partial charge in [0, 0.05) is 37.3 Å². The number of allylic oxidation sites excluding steroid dienone is 3. The van der Waals surface area contributed by atoms with Gasteiger partial charge in [-0.15, -0.1) is 0 Å². The maximum Gasteiger partial charge on any atom is 0.272 e. The Bertz CT molecular complexity index is 962. The molecule has 6 nitrogen and oxygen atoms in total. The summed E-state index contributed by atoms with van der Waals surface area (Å²) in [6, 6.07) is 5.97. The summed E-state index contributed by atoms with van der Waals surface area (Å²) in [7, 11) is 0. The number of carbonyl (C=O) groups excluding carboxylic acids is 1. The SMILES string of the molecule is C=N/C=C\C=C(/C)c1ccc2[nH]nc(C(=O)NC3CCN(CC(C)(C)F)CC3)c2c1. The Morgan fingerprint density at radius 1 is 1.43 bits per heavy atom. The molecule has 2 heterocycles. The first kappa shape index (κ1) is 21.9. The van der Waals surface area contributed by atoms with Crippen molar-refractivity contribution >= 4 is 29.1 Å². The Hall–Kier alpha value is -2.80. The number of likely N-dealkylation sites (tertiary alicyclic amines) is 1. The highest BCUT2D eigenvalue weighted by atomic mass is 19.1. The molecule has 3 rings (SSSR count). The number of alkyl halides is 1. The van der Waals surface area contributed by atoms with Crippen LogP contribution < -0.4 is 5.32 Å². The first-order valence-corrected chi connectivity index (χ1v) is 10.3. The predicted molar refractivity (Wildman–Crippen MR) is 121 cm³/mol. The number of aromatic amines is 1. The Labute approximate surface area is 176 Å². The van der Waals surface area contributed by atoms with Gasteiger partial charge in [-0.25, -0.2) is 4.39 Å². The molecule has 1 saturated heterocycles. The summed E-state index contributed by atoms with van der Waals surface area (Å²) in [6.45, 7) is 10.6. The molecule has 1 aromatic heterocycles. The molecule has 0 spiro atoms. The summed E-state index contributed by atoms with van der Waals surface area (Å²) in [5.41, 5.74) is 2.07. The maximum atomic E-state index is 13.9. The van der Waals surface area contributed by atoms with Gasteiger partial charge < -0.3 is 10.2 Å². The van der Waals surface area contributed by atoms with E-state index < -0.39 is 5.67 Å². The minimum Gasteiger partial charge on any atom is -0.348 e. The van der Waals surface area contributed by atoms with Crippen LogP contribution in [0, 0.1) is 0 Å². The van der Waals surface area contributed by atoms with Crippen molar-refractivity contribution in [3.05, 3.63) is 47.8 Å². The number of piperidine rings is 1. The fraction of sp³-hybridized carbons (Fsp3) is 0.435. The molecular weight excluding hydrogens is 381 g/mol. The van der Waals surface area contributed by atoms with Gasteiger partial charge in [0.05, 0.1) is 5.52 Å². The molecular formula is C23H30FN5O. The number of H-pyrrole nitrogens is 1. The lowest BCUT2D eigenvalue weighted by atomic mass is 10.0. The summed E-state index contributed by atoms with van der Waals surface area (Å²) in [6.07, 6.45) is 7.01. The molecule has 0 atom stereocenters. The monoisotopic (exact) mass is 411 g/mol. The van der Waals surface area contributed by atoms with Crippen molar-refractivity contribution in [1.29, 1.82) is 0 Å². The summed E-state index contributed by atoms with van der Waals surface area (Å²) >= 11 is 0. The standard InChI is InChI=1S/C23H30FN5O/c1-16(6-5-11-25-4)17-7-8-20-19(14-17)21(28-27-20)22(30)26-18-9-12-29(13-10-18)15-23(2,3)24/h5-8,11,14,18H,4,9-10,12-13,15H2,1-3H3,(H,26,30)(H,27,28)/b11-5-,16-6+. The van der Waals surface area contributed by atoms with E-state index in [0.29, 0.717) is 12.2 Å². The molecule has 160 valence electrons. The van der Waals surface area contributed by atoms with E-state index in [0.717, 1.165) is 48.0 Å². The highest BCUT2D eigenvalue weighted by Crippen LogP contribution is 2.23. The van der Waals surface area contributed by atoms with E-state index in [1.165, 1.54) is 0 Å². The number of hydrogen-bond donors (Lipinski definition) is 2. The van der Waals surface area contributed by atoms with Crippen molar-refractivity contribution in [3.8, 4) is 0 Å². The van der Waals surface area contributed by atoms with E-state index in [-0.39, 0.29) is 11.9 Å². The van der Waals surface area contributed by atoms with Gasteiger partial charge in [-0.2, -0.15) is 5.10 Å². The van der Waals surface area contributed by atoms with Crippen LogP contribution in [0.3, 0.4) is 0 Å². The number of nitrogens with one attached hydrogen (secondary N) is 2. The van der Waals surface area contributed by atoms with Crippen LogP contribution in [0.2, 0.25) is 0 Å². The molecule has 0 bridgehead atoms. The number of benzene rings is 1. The average molecular weight is 412 g/mol. The largest absolute Gasteiger partial charge is 0.348 e. The summed E-state index contributed by atoms with van der Waals surface area (Å²) in [4.78, 5) is 18.7. The normalized spacial score (nSPS) is 17.0. The molecule has 1 fully saturated rings. The van der Waals surface area contributed by atoms with Crippen LogP contribution in [0.4, 0.5) is 4.39 Å². The minimum atomic E-state index is -1.20. The zero-order valence-electron chi connectivity index (χ0n) is 17.9. The van der Waals surface area contributed by atoms with E-state index >= 15 is 0 Å². The third-order valence-electron chi connectivity index (χ3n) is 5.29.